The smallest absolute Gasteiger partial charge is 0.287 e. The topological polar surface area (TPSA) is 98.3 Å². The highest BCUT2D eigenvalue weighted by Gasteiger charge is 2.10. The number of furan rings is 1. The Morgan fingerprint density at radius 1 is 1.55 bits per heavy atom. The first-order chi connectivity index (χ1) is 9.56. The number of rotatable bonds is 4. The summed E-state index contributed by atoms with van der Waals surface area (Å²) in [7, 11) is 0. The summed E-state index contributed by atoms with van der Waals surface area (Å²) in [4.78, 5) is 25.6. The number of aromatic nitrogens is 1. The fourth-order valence-electron chi connectivity index (χ4n) is 1.49. The maximum absolute atomic E-state index is 11.7. The van der Waals surface area contributed by atoms with Gasteiger partial charge in [-0.2, -0.15) is 0 Å². The zero-order valence-corrected chi connectivity index (χ0v) is 10.6. The lowest BCUT2D eigenvalue weighted by molar-refractivity contribution is -0.385. The molecule has 0 aliphatic carbocycles. The van der Waals surface area contributed by atoms with Gasteiger partial charge in [0.1, 0.15) is 17.8 Å². The van der Waals surface area contributed by atoms with Gasteiger partial charge in [-0.1, -0.05) is 0 Å². The van der Waals surface area contributed by atoms with E-state index in [0.717, 1.165) is 6.20 Å². The lowest BCUT2D eigenvalue weighted by atomic mass is 10.2. The van der Waals surface area contributed by atoms with Crippen LogP contribution in [0, 0.1) is 17.0 Å². The minimum absolute atomic E-state index is 0.119. The molecule has 7 nitrogen and oxygen atoms in total. The Morgan fingerprint density at radius 2 is 2.35 bits per heavy atom. The largest absolute Gasteiger partial charge is 0.465 e. The van der Waals surface area contributed by atoms with Gasteiger partial charge in [0.2, 0.25) is 5.91 Å². The Hall–Kier alpha value is -2.96. The van der Waals surface area contributed by atoms with Crippen molar-refractivity contribution in [2.24, 2.45) is 0 Å². The first kappa shape index (κ1) is 13.5. The molecule has 0 saturated heterocycles. The summed E-state index contributed by atoms with van der Waals surface area (Å²) in [5.41, 5.74) is 0.394. The van der Waals surface area contributed by atoms with E-state index >= 15 is 0 Å². The summed E-state index contributed by atoms with van der Waals surface area (Å²) in [6.45, 7) is 1.63. The quantitative estimate of drug-likeness (QED) is 0.524. The van der Waals surface area contributed by atoms with Crippen LogP contribution in [0.15, 0.2) is 41.2 Å². The van der Waals surface area contributed by atoms with Crippen LogP contribution in [0.25, 0.3) is 6.08 Å². The number of carbonyl (C=O) groups is 1. The number of nitro groups is 1. The first-order valence-corrected chi connectivity index (χ1v) is 5.70. The van der Waals surface area contributed by atoms with Gasteiger partial charge in [0, 0.05) is 12.1 Å². The van der Waals surface area contributed by atoms with Crippen molar-refractivity contribution >= 4 is 23.5 Å². The summed E-state index contributed by atoms with van der Waals surface area (Å²) in [5.74, 6) is 0.434. The number of aryl methyl sites for hydroxylation is 1. The Kier molecular flexibility index (Phi) is 3.90. The molecule has 0 aromatic carbocycles. The summed E-state index contributed by atoms with van der Waals surface area (Å²) in [5, 5.41) is 13.1. The molecule has 0 fully saturated rings. The third-order valence-corrected chi connectivity index (χ3v) is 2.46. The standard InChI is InChI=1S/C13H11N3O4/c1-9-7-10(16(18)19)8-14-13(9)15-12(17)5-4-11-3-2-6-20-11/h2-8H,1H3,(H,14,15,17)/b5-4+. The van der Waals surface area contributed by atoms with Crippen LogP contribution in [0.1, 0.15) is 11.3 Å². The van der Waals surface area contributed by atoms with Crippen LogP contribution in [0.4, 0.5) is 11.5 Å². The van der Waals surface area contributed by atoms with Crippen LogP contribution in [-0.4, -0.2) is 15.8 Å². The van der Waals surface area contributed by atoms with Gasteiger partial charge >= 0.3 is 0 Å². The van der Waals surface area contributed by atoms with Gasteiger partial charge in [0.25, 0.3) is 5.69 Å². The van der Waals surface area contributed by atoms with Gasteiger partial charge in [-0.25, -0.2) is 4.98 Å². The van der Waals surface area contributed by atoms with Crippen molar-refractivity contribution in [3.05, 3.63) is 58.2 Å². The van der Waals surface area contributed by atoms with Crippen LogP contribution in [0.5, 0.6) is 0 Å². The van der Waals surface area contributed by atoms with Crippen LogP contribution in [0.3, 0.4) is 0 Å². The number of hydrogen-bond acceptors (Lipinski definition) is 5. The molecule has 0 aliphatic rings. The van der Waals surface area contributed by atoms with Crippen LogP contribution in [-0.2, 0) is 4.79 Å². The maximum Gasteiger partial charge on any atom is 0.287 e. The normalized spacial score (nSPS) is 10.7. The van der Waals surface area contributed by atoms with Gasteiger partial charge in [-0.3, -0.25) is 14.9 Å². The fourth-order valence-corrected chi connectivity index (χ4v) is 1.49. The molecule has 0 radical (unpaired) electrons. The number of anilines is 1. The van der Waals surface area contributed by atoms with Crippen LogP contribution < -0.4 is 5.32 Å². The van der Waals surface area contributed by atoms with E-state index in [4.69, 9.17) is 4.42 Å². The van der Waals surface area contributed by atoms with Crippen molar-refractivity contribution in [1.82, 2.24) is 4.98 Å². The van der Waals surface area contributed by atoms with Crippen molar-refractivity contribution in [2.45, 2.75) is 6.92 Å². The van der Waals surface area contributed by atoms with E-state index in [-0.39, 0.29) is 11.5 Å². The summed E-state index contributed by atoms with van der Waals surface area (Å²) >= 11 is 0. The Labute approximate surface area is 114 Å². The van der Waals surface area contributed by atoms with Crippen molar-refractivity contribution in [3.63, 3.8) is 0 Å². The molecule has 1 N–H and O–H groups in total. The molecule has 2 aromatic heterocycles. The second-order valence-electron chi connectivity index (χ2n) is 3.95. The molecule has 0 saturated carbocycles. The van der Waals surface area contributed by atoms with Gasteiger partial charge in [-0.15, -0.1) is 0 Å². The minimum Gasteiger partial charge on any atom is -0.465 e. The van der Waals surface area contributed by atoms with Crippen LogP contribution >= 0.6 is 0 Å². The molecular formula is C13H11N3O4. The van der Waals surface area contributed by atoms with Gasteiger partial charge in [0.15, 0.2) is 0 Å². The summed E-state index contributed by atoms with van der Waals surface area (Å²) < 4.78 is 5.04. The van der Waals surface area contributed by atoms with E-state index in [1.165, 1.54) is 24.5 Å². The van der Waals surface area contributed by atoms with E-state index in [0.29, 0.717) is 11.3 Å². The highest BCUT2D eigenvalue weighted by atomic mass is 16.6. The summed E-state index contributed by atoms with van der Waals surface area (Å²) in [6.07, 6.45) is 5.40. The summed E-state index contributed by atoms with van der Waals surface area (Å²) in [6, 6.07) is 4.76. The second-order valence-corrected chi connectivity index (χ2v) is 3.95. The molecule has 1 amide bonds. The monoisotopic (exact) mass is 273 g/mol. The molecule has 2 aromatic rings. The number of nitrogens with one attached hydrogen (secondary N) is 1. The molecule has 20 heavy (non-hydrogen) atoms. The SMILES string of the molecule is Cc1cc([N+](=O)[O-])cnc1NC(=O)/C=C/c1ccco1. The molecule has 2 rings (SSSR count). The molecule has 0 unspecified atom stereocenters. The van der Waals surface area contributed by atoms with Gasteiger partial charge in [0.05, 0.1) is 11.2 Å². The second kappa shape index (κ2) is 5.79. The van der Waals surface area contributed by atoms with E-state index in [1.807, 2.05) is 0 Å². The number of hydrogen-bond donors (Lipinski definition) is 1. The molecule has 0 aliphatic heterocycles. The Bertz CT molecular complexity index is 662. The Balaban J connectivity index is 2.06. The lowest BCUT2D eigenvalue weighted by Crippen LogP contribution is -2.10. The van der Waals surface area contributed by atoms with Gasteiger partial charge < -0.3 is 9.73 Å². The minimum atomic E-state index is -0.539. The third kappa shape index (κ3) is 3.29. The maximum atomic E-state index is 11.7. The predicted octanol–water partition coefficient (Wildman–Crippen LogP) is 2.54. The zero-order valence-electron chi connectivity index (χ0n) is 10.6. The molecule has 7 heteroatoms. The predicted molar refractivity (Wildman–Crippen MR) is 72.0 cm³/mol. The van der Waals surface area contributed by atoms with Crippen LogP contribution in [0.2, 0.25) is 0 Å². The van der Waals surface area contributed by atoms with E-state index in [1.54, 1.807) is 19.1 Å². The molecule has 0 atom stereocenters. The number of pyridine rings is 1. The van der Waals surface area contributed by atoms with Gasteiger partial charge in [-0.05, 0) is 30.7 Å². The van der Waals surface area contributed by atoms with E-state index < -0.39 is 10.8 Å². The molecule has 0 spiro atoms. The average molecular weight is 273 g/mol. The average Bonchev–Trinajstić information content (AvgIpc) is 2.91. The highest BCUT2D eigenvalue weighted by molar-refractivity contribution is 6.01. The molecule has 102 valence electrons. The Morgan fingerprint density at radius 3 is 2.95 bits per heavy atom. The van der Waals surface area contributed by atoms with E-state index in [9.17, 15) is 14.9 Å². The highest BCUT2D eigenvalue weighted by Crippen LogP contribution is 2.17. The lowest BCUT2D eigenvalue weighted by Gasteiger charge is -2.04. The first-order valence-electron chi connectivity index (χ1n) is 5.70. The number of amides is 1. The molecule has 0 bridgehead atoms. The van der Waals surface area contributed by atoms with Crippen molar-refractivity contribution in [1.29, 1.82) is 0 Å². The van der Waals surface area contributed by atoms with E-state index in [2.05, 4.69) is 10.3 Å². The molecular weight excluding hydrogens is 262 g/mol. The van der Waals surface area contributed by atoms with Crippen molar-refractivity contribution in [2.75, 3.05) is 5.32 Å². The zero-order chi connectivity index (χ0) is 14.5. The number of nitrogens with zero attached hydrogens (tertiary/aromatic N) is 2. The van der Waals surface area contributed by atoms with Crippen molar-refractivity contribution < 1.29 is 14.1 Å². The number of carbonyl (C=O) groups excluding carboxylic acids is 1. The molecule has 2 heterocycles. The van der Waals surface area contributed by atoms with Crippen molar-refractivity contribution in [3.8, 4) is 0 Å². The third-order valence-electron chi connectivity index (χ3n) is 2.46. The fraction of sp³-hybridized carbons (Fsp3) is 0.0769.